The lowest BCUT2D eigenvalue weighted by Crippen LogP contribution is -2.27. The van der Waals surface area contributed by atoms with Gasteiger partial charge < -0.3 is 10.1 Å². The first-order valence-electron chi connectivity index (χ1n) is 7.89. The SMILES string of the molecule is CC(NC1CCCc2sccc21)c1ccc2c(c1)CCO2. The number of hydrogen-bond acceptors (Lipinski definition) is 3. The molecule has 0 spiro atoms. The van der Waals surface area contributed by atoms with Crippen molar-refractivity contribution < 1.29 is 4.74 Å². The molecule has 2 aromatic rings. The van der Waals surface area contributed by atoms with Crippen molar-refractivity contribution in [1.82, 2.24) is 5.32 Å². The van der Waals surface area contributed by atoms with Crippen molar-refractivity contribution >= 4 is 11.3 Å². The predicted molar refractivity (Wildman–Crippen MR) is 87.2 cm³/mol. The summed E-state index contributed by atoms with van der Waals surface area (Å²) in [6.45, 7) is 3.11. The fraction of sp³-hybridized carbons (Fsp3) is 0.444. The molecule has 0 saturated carbocycles. The van der Waals surface area contributed by atoms with Gasteiger partial charge in [0.15, 0.2) is 0 Å². The molecule has 2 unspecified atom stereocenters. The van der Waals surface area contributed by atoms with E-state index in [4.69, 9.17) is 4.74 Å². The first kappa shape index (κ1) is 13.4. The van der Waals surface area contributed by atoms with E-state index in [2.05, 4.69) is 41.9 Å². The number of aryl methyl sites for hydroxylation is 1. The van der Waals surface area contributed by atoms with E-state index in [-0.39, 0.29) is 0 Å². The molecule has 110 valence electrons. The molecule has 1 aliphatic heterocycles. The number of thiophene rings is 1. The van der Waals surface area contributed by atoms with E-state index in [0.29, 0.717) is 12.1 Å². The molecule has 3 heteroatoms. The second kappa shape index (κ2) is 5.47. The number of fused-ring (bicyclic) bond motifs is 2. The molecule has 4 rings (SSSR count). The summed E-state index contributed by atoms with van der Waals surface area (Å²) in [5.41, 5.74) is 4.27. The summed E-state index contributed by atoms with van der Waals surface area (Å²) in [7, 11) is 0. The molecule has 2 aliphatic rings. The average molecular weight is 299 g/mol. The molecule has 1 aliphatic carbocycles. The summed E-state index contributed by atoms with van der Waals surface area (Å²) < 4.78 is 5.60. The third-order valence-corrected chi connectivity index (χ3v) is 5.71. The Bertz CT molecular complexity index is 648. The number of rotatable bonds is 3. The van der Waals surface area contributed by atoms with Gasteiger partial charge in [0.1, 0.15) is 5.75 Å². The first-order chi connectivity index (χ1) is 10.3. The molecule has 2 atom stereocenters. The highest BCUT2D eigenvalue weighted by atomic mass is 32.1. The normalized spacial score (nSPS) is 21.5. The lowest BCUT2D eigenvalue weighted by Gasteiger charge is -2.27. The van der Waals surface area contributed by atoms with Gasteiger partial charge in [-0.25, -0.2) is 0 Å². The van der Waals surface area contributed by atoms with Gasteiger partial charge in [-0.15, -0.1) is 11.3 Å². The maximum Gasteiger partial charge on any atom is 0.122 e. The van der Waals surface area contributed by atoms with Crippen molar-refractivity contribution in [1.29, 1.82) is 0 Å². The van der Waals surface area contributed by atoms with Gasteiger partial charge in [0.25, 0.3) is 0 Å². The van der Waals surface area contributed by atoms with Gasteiger partial charge in [-0.2, -0.15) is 0 Å². The summed E-state index contributed by atoms with van der Waals surface area (Å²) in [5, 5.41) is 6.07. The van der Waals surface area contributed by atoms with Gasteiger partial charge in [0.2, 0.25) is 0 Å². The highest BCUT2D eigenvalue weighted by Crippen LogP contribution is 2.35. The van der Waals surface area contributed by atoms with E-state index >= 15 is 0 Å². The minimum absolute atomic E-state index is 0.381. The second-order valence-electron chi connectivity index (χ2n) is 6.10. The van der Waals surface area contributed by atoms with Crippen LogP contribution in [0.3, 0.4) is 0 Å². The Hall–Kier alpha value is -1.32. The monoisotopic (exact) mass is 299 g/mol. The maximum absolute atomic E-state index is 5.60. The minimum atomic E-state index is 0.381. The van der Waals surface area contributed by atoms with E-state index in [0.717, 1.165) is 18.8 Å². The van der Waals surface area contributed by atoms with E-state index in [9.17, 15) is 0 Å². The predicted octanol–water partition coefficient (Wildman–Crippen LogP) is 4.41. The molecule has 0 bridgehead atoms. The van der Waals surface area contributed by atoms with E-state index in [1.165, 1.54) is 36.0 Å². The van der Waals surface area contributed by atoms with Crippen molar-refractivity contribution in [2.24, 2.45) is 0 Å². The summed E-state index contributed by atoms with van der Waals surface area (Å²) in [6.07, 6.45) is 4.86. The smallest absolute Gasteiger partial charge is 0.122 e. The Morgan fingerprint density at radius 2 is 2.24 bits per heavy atom. The van der Waals surface area contributed by atoms with E-state index in [1.807, 2.05) is 11.3 Å². The van der Waals surface area contributed by atoms with Crippen LogP contribution >= 0.6 is 11.3 Å². The van der Waals surface area contributed by atoms with Crippen LogP contribution in [0.5, 0.6) is 5.75 Å². The lowest BCUT2D eigenvalue weighted by atomic mass is 9.92. The summed E-state index contributed by atoms with van der Waals surface area (Å²) in [5.74, 6) is 1.07. The Balaban J connectivity index is 1.53. The number of ether oxygens (including phenoxy) is 1. The van der Waals surface area contributed by atoms with Crippen molar-refractivity contribution in [3.8, 4) is 5.75 Å². The standard InChI is InChI=1S/C18H21NOS/c1-12(13-5-6-17-14(11-13)7-9-20-17)19-16-3-2-4-18-15(16)8-10-21-18/h5-6,8,10-12,16,19H,2-4,7,9H2,1H3. The van der Waals surface area contributed by atoms with Crippen LogP contribution in [0.1, 0.15) is 53.4 Å². The Labute approximate surface area is 130 Å². The summed E-state index contributed by atoms with van der Waals surface area (Å²) in [4.78, 5) is 1.58. The minimum Gasteiger partial charge on any atom is -0.493 e. The third kappa shape index (κ3) is 2.49. The molecule has 21 heavy (non-hydrogen) atoms. The topological polar surface area (TPSA) is 21.3 Å². The number of hydrogen-bond donors (Lipinski definition) is 1. The van der Waals surface area contributed by atoms with E-state index < -0.39 is 0 Å². The molecule has 0 radical (unpaired) electrons. The summed E-state index contributed by atoms with van der Waals surface area (Å²) in [6, 6.07) is 9.86. The zero-order chi connectivity index (χ0) is 14.2. The zero-order valence-electron chi connectivity index (χ0n) is 12.4. The van der Waals surface area contributed by atoms with Gasteiger partial charge in [-0.1, -0.05) is 12.1 Å². The summed E-state index contributed by atoms with van der Waals surface area (Å²) >= 11 is 1.91. The van der Waals surface area contributed by atoms with Crippen LogP contribution in [0.4, 0.5) is 0 Å². The Kier molecular flexibility index (Phi) is 3.48. The molecule has 2 nitrogen and oxygen atoms in total. The van der Waals surface area contributed by atoms with Crippen LogP contribution in [0.2, 0.25) is 0 Å². The zero-order valence-corrected chi connectivity index (χ0v) is 13.2. The largest absolute Gasteiger partial charge is 0.493 e. The van der Waals surface area contributed by atoms with Crippen LogP contribution in [-0.4, -0.2) is 6.61 Å². The van der Waals surface area contributed by atoms with Crippen LogP contribution in [0, 0.1) is 0 Å². The van der Waals surface area contributed by atoms with Crippen LogP contribution in [0.25, 0.3) is 0 Å². The fourth-order valence-corrected chi connectivity index (χ4v) is 4.52. The second-order valence-corrected chi connectivity index (χ2v) is 7.10. The van der Waals surface area contributed by atoms with Gasteiger partial charge in [-0.05, 0) is 60.4 Å². The first-order valence-corrected chi connectivity index (χ1v) is 8.77. The average Bonchev–Trinajstić information content (AvgIpc) is 3.15. The highest BCUT2D eigenvalue weighted by Gasteiger charge is 2.23. The van der Waals surface area contributed by atoms with Crippen molar-refractivity contribution in [3.63, 3.8) is 0 Å². The van der Waals surface area contributed by atoms with Crippen molar-refractivity contribution in [2.45, 2.75) is 44.7 Å². The molecule has 2 heterocycles. The van der Waals surface area contributed by atoms with Gasteiger partial charge >= 0.3 is 0 Å². The number of nitrogens with one attached hydrogen (secondary N) is 1. The molecule has 1 aromatic heterocycles. The lowest BCUT2D eigenvalue weighted by molar-refractivity contribution is 0.356. The molecule has 1 N–H and O–H groups in total. The fourth-order valence-electron chi connectivity index (χ4n) is 3.53. The van der Waals surface area contributed by atoms with E-state index in [1.54, 1.807) is 4.88 Å². The molecular formula is C18H21NOS. The quantitative estimate of drug-likeness (QED) is 0.906. The molecule has 0 saturated heterocycles. The molecule has 1 aromatic carbocycles. The molecule has 0 amide bonds. The molecular weight excluding hydrogens is 278 g/mol. The van der Waals surface area contributed by atoms with Crippen LogP contribution in [0.15, 0.2) is 29.6 Å². The third-order valence-electron chi connectivity index (χ3n) is 4.72. The van der Waals surface area contributed by atoms with Crippen molar-refractivity contribution in [2.75, 3.05) is 6.61 Å². The number of benzene rings is 1. The van der Waals surface area contributed by atoms with Gasteiger partial charge in [0.05, 0.1) is 6.61 Å². The highest BCUT2D eigenvalue weighted by molar-refractivity contribution is 7.10. The Morgan fingerprint density at radius 3 is 3.19 bits per heavy atom. The van der Waals surface area contributed by atoms with Crippen LogP contribution < -0.4 is 10.1 Å². The van der Waals surface area contributed by atoms with Crippen molar-refractivity contribution in [3.05, 3.63) is 51.2 Å². The Morgan fingerprint density at radius 1 is 1.29 bits per heavy atom. The van der Waals surface area contributed by atoms with Gasteiger partial charge in [0, 0.05) is 23.4 Å². The van der Waals surface area contributed by atoms with Gasteiger partial charge in [-0.3, -0.25) is 0 Å². The molecule has 0 fully saturated rings. The maximum atomic E-state index is 5.60. The van der Waals surface area contributed by atoms with Crippen LogP contribution in [-0.2, 0) is 12.8 Å².